The summed E-state index contributed by atoms with van der Waals surface area (Å²) in [5.41, 5.74) is -0.646. The van der Waals surface area contributed by atoms with Crippen LogP contribution in [0.2, 0.25) is 0 Å². The minimum Gasteiger partial charge on any atom is -0.468 e. The fourth-order valence-corrected chi connectivity index (χ4v) is 2.69. The zero-order valence-corrected chi connectivity index (χ0v) is 11.9. The van der Waals surface area contributed by atoms with E-state index in [9.17, 15) is 14.7 Å². The molecule has 0 aromatic heterocycles. The van der Waals surface area contributed by atoms with Crippen molar-refractivity contribution in [2.75, 3.05) is 14.2 Å². The Morgan fingerprint density at radius 3 is 2.35 bits per heavy atom. The largest absolute Gasteiger partial charge is 0.468 e. The third kappa shape index (κ3) is 2.62. The number of methoxy groups -OCH3 is 2. The van der Waals surface area contributed by atoms with Crippen molar-refractivity contribution in [1.29, 1.82) is 0 Å². The molecule has 1 atom stereocenters. The van der Waals surface area contributed by atoms with Crippen LogP contribution in [0, 0.1) is 5.41 Å². The normalized spacial score (nSPS) is 25.4. The molecule has 0 bridgehead atoms. The van der Waals surface area contributed by atoms with E-state index >= 15 is 0 Å². The molecule has 6 heteroatoms. The molecule has 0 heterocycles. The van der Waals surface area contributed by atoms with Crippen LogP contribution in [0.1, 0.15) is 19.3 Å². The lowest BCUT2D eigenvalue weighted by Crippen LogP contribution is -2.45. The lowest BCUT2D eigenvalue weighted by atomic mass is 9.71. The molecule has 0 aromatic carbocycles. The molecule has 96 valence electrons. The van der Waals surface area contributed by atoms with Gasteiger partial charge >= 0.3 is 11.9 Å². The van der Waals surface area contributed by atoms with E-state index in [1.165, 1.54) is 14.2 Å². The average molecular weight is 354 g/mol. The van der Waals surface area contributed by atoms with Crippen LogP contribution in [-0.4, -0.2) is 37.4 Å². The molecule has 1 N–H and O–H groups in total. The Kier molecular flexibility index (Phi) is 4.93. The molecule has 1 saturated carbocycles. The van der Waals surface area contributed by atoms with Crippen molar-refractivity contribution in [3.05, 3.63) is 9.66 Å². The predicted octanol–water partition coefficient (Wildman–Crippen LogP) is 1.18. The highest BCUT2D eigenvalue weighted by atomic mass is 127. The molecule has 0 spiro atoms. The number of hydrogen-bond donors (Lipinski definition) is 1. The summed E-state index contributed by atoms with van der Waals surface area (Å²) < 4.78 is 11.1. The molecule has 5 nitrogen and oxygen atoms in total. The summed E-state index contributed by atoms with van der Waals surface area (Å²) in [5.74, 6) is -1.21. The number of esters is 2. The third-order valence-electron chi connectivity index (χ3n) is 3.07. The van der Waals surface area contributed by atoms with Crippen molar-refractivity contribution < 1.29 is 24.2 Å². The van der Waals surface area contributed by atoms with Gasteiger partial charge in [-0.1, -0.05) is 22.6 Å². The number of halogens is 1. The van der Waals surface area contributed by atoms with Gasteiger partial charge in [-0.3, -0.25) is 9.59 Å². The van der Waals surface area contributed by atoms with Crippen LogP contribution in [0.3, 0.4) is 0 Å². The number of hydrogen-bond acceptors (Lipinski definition) is 5. The summed E-state index contributed by atoms with van der Waals surface area (Å²) in [7, 11) is 2.48. The van der Waals surface area contributed by atoms with E-state index in [2.05, 4.69) is 0 Å². The lowest BCUT2D eigenvalue weighted by molar-refractivity contribution is -0.171. The predicted molar refractivity (Wildman–Crippen MR) is 68.4 cm³/mol. The minimum atomic E-state index is -1.31. The average Bonchev–Trinajstić information content (AvgIpc) is 2.37. The third-order valence-corrected chi connectivity index (χ3v) is 3.87. The van der Waals surface area contributed by atoms with Crippen LogP contribution in [0.15, 0.2) is 9.66 Å². The molecular weight excluding hydrogens is 339 g/mol. The molecule has 1 rings (SSSR count). The van der Waals surface area contributed by atoms with Gasteiger partial charge in [0.25, 0.3) is 0 Å². The Labute approximate surface area is 113 Å². The molecule has 0 amide bonds. The van der Waals surface area contributed by atoms with E-state index in [0.29, 0.717) is 12.0 Å². The number of rotatable bonds is 2. The van der Waals surface area contributed by atoms with E-state index in [1.807, 2.05) is 22.6 Å². The van der Waals surface area contributed by atoms with Crippen molar-refractivity contribution in [3.63, 3.8) is 0 Å². The van der Waals surface area contributed by atoms with Gasteiger partial charge in [-0.25, -0.2) is 0 Å². The van der Waals surface area contributed by atoms with Crippen LogP contribution >= 0.6 is 22.6 Å². The van der Waals surface area contributed by atoms with Crippen molar-refractivity contribution in [2.24, 2.45) is 5.41 Å². The maximum atomic E-state index is 11.8. The Balaban J connectivity index is 3.09. The summed E-state index contributed by atoms with van der Waals surface area (Å²) in [5, 5.41) is 9.73. The highest BCUT2D eigenvalue weighted by Gasteiger charge is 2.51. The maximum absolute atomic E-state index is 11.8. The van der Waals surface area contributed by atoms with E-state index in [0.717, 1.165) is 0 Å². The van der Waals surface area contributed by atoms with E-state index in [-0.39, 0.29) is 12.8 Å². The number of carbonyl (C=O) groups excluding carboxylic acids is 2. The Morgan fingerprint density at radius 1 is 1.41 bits per heavy atom. The van der Waals surface area contributed by atoms with Crippen LogP contribution in [0.25, 0.3) is 0 Å². The van der Waals surface area contributed by atoms with E-state index < -0.39 is 23.5 Å². The molecule has 1 fully saturated rings. The molecular formula is C11H15IO5. The fraction of sp³-hybridized carbons (Fsp3) is 0.636. The minimum absolute atomic E-state index is 0.149. The second kappa shape index (κ2) is 5.81. The van der Waals surface area contributed by atoms with Gasteiger partial charge < -0.3 is 14.6 Å². The molecule has 0 aromatic rings. The first-order chi connectivity index (χ1) is 8.01. The van der Waals surface area contributed by atoms with Crippen LogP contribution in [0.5, 0.6) is 0 Å². The standard InChI is InChI=1S/C11H15IO5/c1-16-9(14)11(10(15)17-2)4-3-8(13)7(5-11)6-12/h6,8,13H,3-5H2,1-2H3/b7-6+. The van der Waals surface area contributed by atoms with Crippen LogP contribution < -0.4 is 0 Å². The second-order valence-corrected chi connectivity index (χ2v) is 4.60. The molecule has 1 unspecified atom stereocenters. The van der Waals surface area contributed by atoms with Gasteiger partial charge in [-0.15, -0.1) is 0 Å². The fourth-order valence-electron chi connectivity index (χ4n) is 2.06. The zero-order valence-electron chi connectivity index (χ0n) is 9.73. The summed E-state index contributed by atoms with van der Waals surface area (Å²) in [6.45, 7) is 0. The smallest absolute Gasteiger partial charge is 0.323 e. The van der Waals surface area contributed by atoms with Gasteiger partial charge in [0, 0.05) is 0 Å². The SMILES string of the molecule is COC(=O)C1(C(=O)OC)CCC(O)/C(=C/I)C1. The summed E-state index contributed by atoms with van der Waals surface area (Å²) in [4.78, 5) is 23.6. The first-order valence-electron chi connectivity index (χ1n) is 5.16. The highest BCUT2D eigenvalue weighted by Crippen LogP contribution is 2.41. The molecule has 1 aliphatic carbocycles. The van der Waals surface area contributed by atoms with E-state index in [1.54, 1.807) is 4.08 Å². The maximum Gasteiger partial charge on any atom is 0.323 e. The van der Waals surface area contributed by atoms with Crippen LogP contribution in [-0.2, 0) is 19.1 Å². The van der Waals surface area contributed by atoms with Crippen molar-refractivity contribution in [2.45, 2.75) is 25.4 Å². The highest BCUT2D eigenvalue weighted by molar-refractivity contribution is 14.1. The number of aliphatic hydroxyl groups is 1. The van der Waals surface area contributed by atoms with Crippen molar-refractivity contribution >= 4 is 34.5 Å². The quantitative estimate of drug-likeness (QED) is 0.458. The first-order valence-corrected chi connectivity index (χ1v) is 6.40. The summed E-state index contributed by atoms with van der Waals surface area (Å²) in [6.07, 6.45) is 0.131. The molecule has 17 heavy (non-hydrogen) atoms. The molecule has 0 saturated heterocycles. The van der Waals surface area contributed by atoms with Crippen LogP contribution in [0.4, 0.5) is 0 Å². The van der Waals surface area contributed by atoms with Gasteiger partial charge in [0.15, 0.2) is 5.41 Å². The first kappa shape index (κ1) is 14.4. The molecule has 0 radical (unpaired) electrons. The Morgan fingerprint density at radius 2 is 1.94 bits per heavy atom. The number of carbonyl (C=O) groups is 2. The van der Waals surface area contributed by atoms with Gasteiger partial charge in [-0.05, 0) is 28.9 Å². The Hall–Kier alpha value is -0.630. The van der Waals surface area contributed by atoms with Gasteiger partial charge in [0.2, 0.25) is 0 Å². The van der Waals surface area contributed by atoms with Gasteiger partial charge in [-0.2, -0.15) is 0 Å². The van der Waals surface area contributed by atoms with Crippen molar-refractivity contribution in [3.8, 4) is 0 Å². The summed E-state index contributed by atoms with van der Waals surface area (Å²) in [6, 6.07) is 0. The van der Waals surface area contributed by atoms with Crippen molar-refractivity contribution in [1.82, 2.24) is 0 Å². The second-order valence-electron chi connectivity index (χ2n) is 3.98. The zero-order chi connectivity index (χ0) is 13.1. The Bertz CT molecular complexity index is 334. The lowest BCUT2D eigenvalue weighted by Gasteiger charge is -2.35. The summed E-state index contributed by atoms with van der Waals surface area (Å²) >= 11 is 1.98. The van der Waals surface area contributed by atoms with Gasteiger partial charge in [0.05, 0.1) is 20.3 Å². The van der Waals surface area contributed by atoms with E-state index in [4.69, 9.17) is 9.47 Å². The number of ether oxygens (including phenoxy) is 2. The monoisotopic (exact) mass is 354 g/mol. The van der Waals surface area contributed by atoms with Gasteiger partial charge in [0.1, 0.15) is 0 Å². The molecule has 1 aliphatic rings. The topological polar surface area (TPSA) is 72.8 Å². The molecule has 0 aliphatic heterocycles. The number of aliphatic hydroxyl groups excluding tert-OH is 1.